The van der Waals surface area contributed by atoms with Crippen molar-refractivity contribution in [3.63, 3.8) is 0 Å². The Hall–Kier alpha value is -1.30. The van der Waals surface area contributed by atoms with E-state index in [0.29, 0.717) is 23.2 Å². The van der Waals surface area contributed by atoms with E-state index in [1.165, 1.54) is 4.90 Å². The van der Waals surface area contributed by atoms with Crippen LogP contribution < -0.4 is 10.2 Å². The highest BCUT2D eigenvalue weighted by atomic mass is 35.5. The maximum atomic E-state index is 12.3. The van der Waals surface area contributed by atoms with Crippen LogP contribution in [-0.2, 0) is 14.3 Å². The molecular weight excluding hydrogens is 363 g/mol. The van der Waals surface area contributed by atoms with Gasteiger partial charge in [-0.1, -0.05) is 29.3 Å². The van der Waals surface area contributed by atoms with Crippen molar-refractivity contribution in [2.75, 3.05) is 26.2 Å². The molecule has 5 nitrogen and oxygen atoms in total. The van der Waals surface area contributed by atoms with Gasteiger partial charge in [0.15, 0.2) is 6.54 Å². The zero-order valence-electron chi connectivity index (χ0n) is 14.6. The number of quaternary nitrogens is 1. The second-order valence-corrected chi connectivity index (χ2v) is 7.23. The SMILES string of the molecule is CCOC(=O)C1CC[NH+](CC(=O)N[C@H](C)c2ccc(Cl)c(Cl)c2)CC1. The van der Waals surface area contributed by atoms with Gasteiger partial charge < -0.3 is 15.0 Å². The first-order valence-electron chi connectivity index (χ1n) is 8.65. The molecule has 1 aliphatic rings. The zero-order chi connectivity index (χ0) is 18.4. The van der Waals surface area contributed by atoms with E-state index in [1.54, 1.807) is 12.1 Å². The Bertz CT molecular complexity index is 616. The minimum absolute atomic E-state index is 0.0110. The van der Waals surface area contributed by atoms with E-state index in [0.717, 1.165) is 31.5 Å². The molecule has 0 aliphatic carbocycles. The lowest BCUT2D eigenvalue weighted by molar-refractivity contribution is -0.897. The summed E-state index contributed by atoms with van der Waals surface area (Å²) in [7, 11) is 0. The number of carbonyl (C=O) groups is 2. The van der Waals surface area contributed by atoms with E-state index in [1.807, 2.05) is 19.9 Å². The number of benzene rings is 1. The van der Waals surface area contributed by atoms with Gasteiger partial charge in [0.05, 0.1) is 41.7 Å². The Morgan fingerprint density at radius 3 is 2.56 bits per heavy atom. The number of esters is 1. The quantitative estimate of drug-likeness (QED) is 0.734. The maximum Gasteiger partial charge on any atom is 0.309 e. The second-order valence-electron chi connectivity index (χ2n) is 6.42. The van der Waals surface area contributed by atoms with E-state index >= 15 is 0 Å². The summed E-state index contributed by atoms with van der Waals surface area (Å²) in [5.74, 6) is -0.149. The summed E-state index contributed by atoms with van der Waals surface area (Å²) in [5.41, 5.74) is 0.916. The van der Waals surface area contributed by atoms with Gasteiger partial charge in [0, 0.05) is 12.8 Å². The van der Waals surface area contributed by atoms with Gasteiger partial charge in [0.2, 0.25) is 0 Å². The average molecular weight is 388 g/mol. The molecule has 0 aromatic heterocycles. The Kier molecular flexibility index (Phi) is 7.54. The molecule has 1 aromatic carbocycles. The van der Waals surface area contributed by atoms with Crippen molar-refractivity contribution in [1.82, 2.24) is 5.32 Å². The predicted molar refractivity (Wildman–Crippen MR) is 97.9 cm³/mol. The third-order valence-electron chi connectivity index (χ3n) is 4.54. The molecule has 1 saturated heterocycles. The average Bonchev–Trinajstić information content (AvgIpc) is 2.58. The van der Waals surface area contributed by atoms with Crippen LogP contribution >= 0.6 is 23.2 Å². The van der Waals surface area contributed by atoms with E-state index < -0.39 is 0 Å². The van der Waals surface area contributed by atoms with Gasteiger partial charge in [-0.25, -0.2) is 0 Å². The molecule has 0 bridgehead atoms. The maximum absolute atomic E-state index is 12.3. The first kappa shape index (κ1) is 20.0. The Labute approximate surface area is 158 Å². The van der Waals surface area contributed by atoms with Gasteiger partial charge in [0.25, 0.3) is 5.91 Å². The van der Waals surface area contributed by atoms with Crippen molar-refractivity contribution in [1.29, 1.82) is 0 Å². The molecule has 1 amide bonds. The van der Waals surface area contributed by atoms with Gasteiger partial charge in [-0.05, 0) is 31.5 Å². The topological polar surface area (TPSA) is 59.8 Å². The van der Waals surface area contributed by atoms with E-state index in [4.69, 9.17) is 27.9 Å². The molecule has 138 valence electrons. The Morgan fingerprint density at radius 2 is 1.96 bits per heavy atom. The van der Waals surface area contributed by atoms with Crippen molar-refractivity contribution < 1.29 is 19.2 Å². The highest BCUT2D eigenvalue weighted by Gasteiger charge is 2.29. The monoisotopic (exact) mass is 387 g/mol. The van der Waals surface area contributed by atoms with E-state index in [-0.39, 0.29) is 23.8 Å². The number of rotatable bonds is 6. The number of hydrogen-bond donors (Lipinski definition) is 2. The minimum Gasteiger partial charge on any atom is -0.466 e. The van der Waals surface area contributed by atoms with Crippen LogP contribution in [0.15, 0.2) is 18.2 Å². The fraction of sp³-hybridized carbons (Fsp3) is 0.556. The molecular formula is C18H25Cl2N2O3+. The third-order valence-corrected chi connectivity index (χ3v) is 5.28. The number of amides is 1. The van der Waals surface area contributed by atoms with Crippen LogP contribution in [0.3, 0.4) is 0 Å². The summed E-state index contributed by atoms with van der Waals surface area (Å²) in [6.45, 7) is 6.16. The molecule has 1 aromatic rings. The number of nitrogens with one attached hydrogen (secondary N) is 2. The molecule has 0 unspecified atom stereocenters. The highest BCUT2D eigenvalue weighted by Crippen LogP contribution is 2.25. The first-order valence-corrected chi connectivity index (χ1v) is 9.40. The zero-order valence-corrected chi connectivity index (χ0v) is 16.1. The lowest BCUT2D eigenvalue weighted by Crippen LogP contribution is -3.14. The molecule has 1 fully saturated rings. The van der Waals surface area contributed by atoms with Crippen LogP contribution in [0.4, 0.5) is 0 Å². The van der Waals surface area contributed by atoms with Gasteiger partial charge in [0.1, 0.15) is 0 Å². The molecule has 7 heteroatoms. The number of halogens is 2. The highest BCUT2D eigenvalue weighted by molar-refractivity contribution is 6.42. The predicted octanol–water partition coefficient (Wildman–Crippen LogP) is 2.03. The lowest BCUT2D eigenvalue weighted by atomic mass is 9.97. The fourth-order valence-corrected chi connectivity index (χ4v) is 3.39. The summed E-state index contributed by atoms with van der Waals surface area (Å²) in [4.78, 5) is 25.2. The van der Waals surface area contributed by atoms with Crippen molar-refractivity contribution >= 4 is 35.1 Å². The van der Waals surface area contributed by atoms with Crippen molar-refractivity contribution in [2.24, 2.45) is 5.92 Å². The number of piperidine rings is 1. The second kappa shape index (κ2) is 9.41. The lowest BCUT2D eigenvalue weighted by Gasteiger charge is -2.28. The van der Waals surface area contributed by atoms with Gasteiger partial charge in [-0.15, -0.1) is 0 Å². The molecule has 2 rings (SSSR count). The Balaban J connectivity index is 1.79. The molecule has 1 atom stereocenters. The van der Waals surface area contributed by atoms with Crippen LogP contribution in [0, 0.1) is 5.92 Å². The standard InChI is InChI=1S/C18H24Cl2N2O3/c1-3-25-18(24)13-6-8-22(9-7-13)11-17(23)21-12(2)14-4-5-15(19)16(20)10-14/h4-5,10,12-13H,3,6-9,11H2,1-2H3,(H,21,23)/p+1/t12-/m1/s1. The minimum atomic E-state index is -0.140. The smallest absolute Gasteiger partial charge is 0.309 e. The summed E-state index contributed by atoms with van der Waals surface area (Å²) in [5, 5.41) is 3.97. The van der Waals surface area contributed by atoms with Gasteiger partial charge >= 0.3 is 5.97 Å². The third kappa shape index (κ3) is 5.87. The number of likely N-dealkylation sites (tertiary alicyclic amines) is 1. The summed E-state index contributed by atoms with van der Waals surface area (Å²) in [6.07, 6.45) is 1.54. The number of carbonyl (C=O) groups excluding carboxylic acids is 2. The van der Waals surface area contributed by atoms with Crippen LogP contribution in [0.1, 0.15) is 38.3 Å². The Morgan fingerprint density at radius 1 is 1.28 bits per heavy atom. The number of hydrogen-bond acceptors (Lipinski definition) is 3. The molecule has 0 saturated carbocycles. The number of ether oxygens (including phenoxy) is 1. The van der Waals surface area contributed by atoms with Crippen molar-refractivity contribution in [3.05, 3.63) is 33.8 Å². The first-order chi connectivity index (χ1) is 11.9. The molecule has 25 heavy (non-hydrogen) atoms. The molecule has 1 aliphatic heterocycles. The van der Waals surface area contributed by atoms with Gasteiger partial charge in [-0.3, -0.25) is 9.59 Å². The van der Waals surface area contributed by atoms with Crippen LogP contribution in [-0.4, -0.2) is 38.1 Å². The molecule has 1 heterocycles. The van der Waals surface area contributed by atoms with Crippen molar-refractivity contribution in [3.8, 4) is 0 Å². The normalized spacial score (nSPS) is 21.4. The molecule has 0 spiro atoms. The largest absolute Gasteiger partial charge is 0.466 e. The van der Waals surface area contributed by atoms with Gasteiger partial charge in [-0.2, -0.15) is 0 Å². The molecule has 0 radical (unpaired) electrons. The summed E-state index contributed by atoms with van der Waals surface area (Å²) >= 11 is 11.9. The van der Waals surface area contributed by atoms with E-state index in [9.17, 15) is 9.59 Å². The summed E-state index contributed by atoms with van der Waals surface area (Å²) in [6, 6.07) is 5.22. The summed E-state index contributed by atoms with van der Waals surface area (Å²) < 4.78 is 5.07. The van der Waals surface area contributed by atoms with Crippen molar-refractivity contribution in [2.45, 2.75) is 32.7 Å². The molecule has 2 N–H and O–H groups in total. The fourth-order valence-electron chi connectivity index (χ4n) is 3.08. The van der Waals surface area contributed by atoms with Crippen LogP contribution in [0.25, 0.3) is 0 Å². The van der Waals surface area contributed by atoms with E-state index in [2.05, 4.69) is 5.32 Å². The van der Waals surface area contributed by atoms with Crippen LogP contribution in [0.5, 0.6) is 0 Å². The van der Waals surface area contributed by atoms with Crippen LogP contribution in [0.2, 0.25) is 10.0 Å².